The Kier molecular flexibility index (Phi) is 3.20. The predicted molar refractivity (Wildman–Crippen MR) is 70.0 cm³/mol. The van der Waals surface area contributed by atoms with Gasteiger partial charge in [0, 0.05) is 30.7 Å². The van der Waals surface area contributed by atoms with Gasteiger partial charge in [0.1, 0.15) is 0 Å². The summed E-state index contributed by atoms with van der Waals surface area (Å²) in [5.41, 5.74) is 8.95. The van der Waals surface area contributed by atoms with Crippen LogP contribution in [0.3, 0.4) is 0 Å². The van der Waals surface area contributed by atoms with Crippen LogP contribution in [0.5, 0.6) is 0 Å². The Morgan fingerprint density at radius 3 is 2.44 bits per heavy atom. The number of nitrogens with zero attached hydrogens (tertiary/aromatic N) is 1. The van der Waals surface area contributed by atoms with E-state index in [9.17, 15) is 0 Å². The van der Waals surface area contributed by atoms with E-state index in [1.807, 2.05) is 0 Å². The lowest BCUT2D eigenvalue weighted by atomic mass is 9.95. The number of hydrogen-bond acceptors (Lipinski definition) is 2. The second kappa shape index (κ2) is 4.46. The van der Waals surface area contributed by atoms with Crippen molar-refractivity contribution in [3.63, 3.8) is 0 Å². The number of hydrogen-bond donors (Lipinski definition) is 1. The molecule has 0 aromatic heterocycles. The van der Waals surface area contributed by atoms with Gasteiger partial charge in [-0.1, -0.05) is 12.1 Å². The highest BCUT2D eigenvalue weighted by Crippen LogP contribution is 2.47. The van der Waals surface area contributed by atoms with Crippen LogP contribution < -0.4 is 10.6 Å². The molecule has 2 rings (SSSR count). The summed E-state index contributed by atoms with van der Waals surface area (Å²) in [6.07, 6.45) is 2.51. The molecular weight excluding hydrogens is 196 g/mol. The Bertz CT molecular complexity index is 352. The van der Waals surface area contributed by atoms with Crippen molar-refractivity contribution in [3.8, 4) is 0 Å². The second-order valence-electron chi connectivity index (χ2n) is 4.71. The van der Waals surface area contributed by atoms with Gasteiger partial charge in [-0.05, 0) is 44.4 Å². The van der Waals surface area contributed by atoms with Gasteiger partial charge >= 0.3 is 0 Å². The van der Waals surface area contributed by atoms with Crippen molar-refractivity contribution in [1.29, 1.82) is 0 Å². The molecule has 0 aliphatic heterocycles. The quantitative estimate of drug-likeness (QED) is 0.823. The van der Waals surface area contributed by atoms with Crippen LogP contribution in [0.4, 0.5) is 5.69 Å². The SMILES string of the molecule is CCN(CC)c1cccc(C2(CN)CC2)c1. The summed E-state index contributed by atoms with van der Waals surface area (Å²) in [5, 5.41) is 0. The zero-order valence-corrected chi connectivity index (χ0v) is 10.4. The van der Waals surface area contributed by atoms with Gasteiger partial charge in [-0.25, -0.2) is 0 Å². The lowest BCUT2D eigenvalue weighted by Crippen LogP contribution is -2.23. The molecule has 2 nitrogen and oxygen atoms in total. The van der Waals surface area contributed by atoms with Crippen molar-refractivity contribution < 1.29 is 0 Å². The molecule has 0 radical (unpaired) electrons. The van der Waals surface area contributed by atoms with Gasteiger partial charge in [0.2, 0.25) is 0 Å². The van der Waals surface area contributed by atoms with Gasteiger partial charge in [0.25, 0.3) is 0 Å². The summed E-state index contributed by atoms with van der Waals surface area (Å²) in [6.45, 7) is 7.32. The summed E-state index contributed by atoms with van der Waals surface area (Å²) < 4.78 is 0. The van der Waals surface area contributed by atoms with Crippen molar-refractivity contribution in [1.82, 2.24) is 0 Å². The number of anilines is 1. The van der Waals surface area contributed by atoms with Gasteiger partial charge < -0.3 is 10.6 Å². The van der Waals surface area contributed by atoms with E-state index in [1.165, 1.54) is 24.1 Å². The Balaban J connectivity index is 2.26. The number of benzene rings is 1. The molecule has 0 bridgehead atoms. The molecule has 88 valence electrons. The van der Waals surface area contributed by atoms with Gasteiger partial charge in [-0.2, -0.15) is 0 Å². The minimum atomic E-state index is 0.309. The Labute approximate surface area is 98.4 Å². The fraction of sp³-hybridized carbons (Fsp3) is 0.571. The zero-order valence-electron chi connectivity index (χ0n) is 10.4. The van der Waals surface area contributed by atoms with Gasteiger partial charge in [-0.3, -0.25) is 0 Å². The maximum Gasteiger partial charge on any atom is 0.0368 e. The van der Waals surface area contributed by atoms with Crippen LogP contribution >= 0.6 is 0 Å². The molecule has 1 aliphatic rings. The van der Waals surface area contributed by atoms with E-state index in [2.05, 4.69) is 43.0 Å². The summed E-state index contributed by atoms with van der Waals surface area (Å²) in [4.78, 5) is 2.39. The largest absolute Gasteiger partial charge is 0.372 e. The first-order chi connectivity index (χ1) is 7.75. The van der Waals surface area contributed by atoms with Crippen molar-refractivity contribution in [2.75, 3.05) is 24.5 Å². The van der Waals surface area contributed by atoms with Crippen LogP contribution in [0.2, 0.25) is 0 Å². The first kappa shape index (κ1) is 11.5. The molecule has 0 heterocycles. The third kappa shape index (κ3) is 1.94. The third-order valence-corrected chi connectivity index (χ3v) is 3.83. The molecule has 16 heavy (non-hydrogen) atoms. The van der Waals surface area contributed by atoms with Crippen LogP contribution in [0.25, 0.3) is 0 Å². The van der Waals surface area contributed by atoms with E-state index in [0.29, 0.717) is 5.41 Å². The van der Waals surface area contributed by atoms with Crippen LogP contribution in [-0.4, -0.2) is 19.6 Å². The fourth-order valence-electron chi connectivity index (χ4n) is 2.38. The molecule has 0 spiro atoms. The summed E-state index contributed by atoms with van der Waals surface area (Å²) >= 11 is 0. The topological polar surface area (TPSA) is 29.3 Å². The second-order valence-corrected chi connectivity index (χ2v) is 4.71. The molecule has 0 amide bonds. The lowest BCUT2D eigenvalue weighted by molar-refractivity contribution is 0.703. The average molecular weight is 218 g/mol. The number of rotatable bonds is 5. The Hall–Kier alpha value is -1.02. The zero-order chi connectivity index (χ0) is 11.6. The smallest absolute Gasteiger partial charge is 0.0368 e. The van der Waals surface area contributed by atoms with Crippen LogP contribution in [0, 0.1) is 0 Å². The fourth-order valence-corrected chi connectivity index (χ4v) is 2.38. The van der Waals surface area contributed by atoms with Crippen LogP contribution in [0.15, 0.2) is 24.3 Å². The third-order valence-electron chi connectivity index (χ3n) is 3.83. The van der Waals surface area contributed by atoms with E-state index in [-0.39, 0.29) is 0 Å². The van der Waals surface area contributed by atoms with Crippen molar-refractivity contribution in [2.45, 2.75) is 32.1 Å². The van der Waals surface area contributed by atoms with E-state index in [1.54, 1.807) is 0 Å². The highest BCUT2D eigenvalue weighted by molar-refractivity contribution is 5.51. The highest BCUT2D eigenvalue weighted by atomic mass is 15.1. The molecule has 1 aromatic rings. The first-order valence-corrected chi connectivity index (χ1v) is 6.31. The molecule has 1 saturated carbocycles. The maximum absolute atomic E-state index is 5.88. The first-order valence-electron chi connectivity index (χ1n) is 6.31. The molecule has 0 unspecified atom stereocenters. The maximum atomic E-state index is 5.88. The monoisotopic (exact) mass is 218 g/mol. The Morgan fingerprint density at radius 2 is 1.94 bits per heavy atom. The van der Waals surface area contributed by atoms with E-state index in [0.717, 1.165) is 19.6 Å². The summed E-state index contributed by atoms with van der Waals surface area (Å²) in [6, 6.07) is 8.92. The van der Waals surface area contributed by atoms with Crippen molar-refractivity contribution in [3.05, 3.63) is 29.8 Å². The standard InChI is InChI=1S/C14H22N2/c1-3-16(4-2)13-7-5-6-12(10-13)14(11-15)8-9-14/h5-7,10H,3-4,8-9,11,15H2,1-2H3. The molecule has 1 aromatic carbocycles. The van der Waals surface area contributed by atoms with E-state index >= 15 is 0 Å². The molecule has 2 N–H and O–H groups in total. The average Bonchev–Trinajstić information content (AvgIpc) is 3.12. The van der Waals surface area contributed by atoms with E-state index < -0.39 is 0 Å². The molecule has 1 aliphatic carbocycles. The molecule has 1 fully saturated rings. The van der Waals surface area contributed by atoms with E-state index in [4.69, 9.17) is 5.73 Å². The van der Waals surface area contributed by atoms with Crippen LogP contribution in [-0.2, 0) is 5.41 Å². The van der Waals surface area contributed by atoms with Gasteiger partial charge in [0.05, 0.1) is 0 Å². The molecule has 0 saturated heterocycles. The molecule has 2 heteroatoms. The highest BCUT2D eigenvalue weighted by Gasteiger charge is 2.42. The summed E-state index contributed by atoms with van der Waals surface area (Å²) in [7, 11) is 0. The predicted octanol–water partition coefficient (Wildman–Crippen LogP) is 2.52. The lowest BCUT2D eigenvalue weighted by Gasteiger charge is -2.23. The Morgan fingerprint density at radius 1 is 1.25 bits per heavy atom. The van der Waals surface area contributed by atoms with Crippen molar-refractivity contribution in [2.24, 2.45) is 5.73 Å². The van der Waals surface area contributed by atoms with Crippen LogP contribution in [0.1, 0.15) is 32.3 Å². The molecular formula is C14H22N2. The number of nitrogens with two attached hydrogens (primary N) is 1. The molecule has 0 atom stereocenters. The minimum absolute atomic E-state index is 0.309. The van der Waals surface area contributed by atoms with Gasteiger partial charge in [-0.15, -0.1) is 0 Å². The minimum Gasteiger partial charge on any atom is -0.372 e. The van der Waals surface area contributed by atoms with Gasteiger partial charge in [0.15, 0.2) is 0 Å². The van der Waals surface area contributed by atoms with Crippen molar-refractivity contribution >= 4 is 5.69 Å². The normalized spacial score (nSPS) is 17.2. The summed E-state index contributed by atoms with van der Waals surface area (Å²) in [5.74, 6) is 0.